The maximum atomic E-state index is 12.1. The molecule has 3 aromatic rings. The van der Waals surface area contributed by atoms with Crippen LogP contribution in [0.4, 0.5) is 5.69 Å². The maximum Gasteiger partial charge on any atom is 0.277 e. The van der Waals surface area contributed by atoms with Gasteiger partial charge in [-0.2, -0.15) is 0 Å². The standard InChI is InChI=1S/C20H21ClN4O2S/c1-14(25(2)17-6-4-3-5-7-17)12-22-18(26)13-28-20-24-23-19(27-20)15-8-10-16(21)11-9-15/h3-11,14H,12-13H2,1-2H3,(H,22,26). The van der Waals surface area contributed by atoms with E-state index in [-0.39, 0.29) is 17.7 Å². The molecular weight excluding hydrogens is 396 g/mol. The highest BCUT2D eigenvalue weighted by Gasteiger charge is 2.14. The number of carbonyl (C=O) groups excluding carboxylic acids is 1. The van der Waals surface area contributed by atoms with Gasteiger partial charge in [0, 0.05) is 35.9 Å². The van der Waals surface area contributed by atoms with Gasteiger partial charge in [0.05, 0.1) is 5.75 Å². The lowest BCUT2D eigenvalue weighted by Crippen LogP contribution is -2.40. The number of halogens is 1. The van der Waals surface area contributed by atoms with Crippen LogP contribution >= 0.6 is 23.4 Å². The van der Waals surface area contributed by atoms with Crippen LogP contribution in [0.1, 0.15) is 6.92 Å². The van der Waals surface area contributed by atoms with Crippen molar-refractivity contribution in [1.29, 1.82) is 0 Å². The number of aromatic nitrogens is 2. The SMILES string of the molecule is CC(CNC(=O)CSc1nnc(-c2ccc(Cl)cc2)o1)N(C)c1ccccc1. The van der Waals surface area contributed by atoms with Crippen LogP contribution in [0.2, 0.25) is 5.02 Å². The molecule has 0 saturated carbocycles. The quantitative estimate of drug-likeness (QED) is 0.557. The van der Waals surface area contributed by atoms with Gasteiger partial charge in [-0.05, 0) is 43.3 Å². The summed E-state index contributed by atoms with van der Waals surface area (Å²) in [6.45, 7) is 2.61. The minimum atomic E-state index is -0.0791. The number of rotatable bonds is 8. The van der Waals surface area contributed by atoms with Crippen molar-refractivity contribution in [2.24, 2.45) is 0 Å². The zero-order valence-electron chi connectivity index (χ0n) is 15.6. The molecule has 8 heteroatoms. The lowest BCUT2D eigenvalue weighted by atomic mass is 10.2. The average molecular weight is 417 g/mol. The zero-order valence-corrected chi connectivity index (χ0v) is 17.2. The van der Waals surface area contributed by atoms with E-state index in [1.165, 1.54) is 11.8 Å². The van der Waals surface area contributed by atoms with Crippen molar-refractivity contribution >= 4 is 35.0 Å². The van der Waals surface area contributed by atoms with Crippen molar-refractivity contribution in [3.8, 4) is 11.5 Å². The molecule has 1 amide bonds. The van der Waals surface area contributed by atoms with Gasteiger partial charge in [0.25, 0.3) is 5.22 Å². The Morgan fingerprint density at radius 2 is 1.89 bits per heavy atom. The molecule has 3 rings (SSSR count). The molecule has 0 bridgehead atoms. The molecule has 0 spiro atoms. The number of hydrogen-bond donors (Lipinski definition) is 1. The van der Waals surface area contributed by atoms with Gasteiger partial charge in [0.1, 0.15) is 0 Å². The van der Waals surface area contributed by atoms with E-state index in [9.17, 15) is 4.79 Å². The molecule has 28 heavy (non-hydrogen) atoms. The first-order valence-corrected chi connectivity index (χ1v) is 10.2. The van der Waals surface area contributed by atoms with Gasteiger partial charge in [-0.15, -0.1) is 10.2 Å². The minimum absolute atomic E-state index is 0.0791. The molecule has 0 radical (unpaired) electrons. The Labute approximate surface area is 173 Å². The van der Waals surface area contributed by atoms with Crippen LogP contribution in [-0.4, -0.2) is 41.5 Å². The van der Waals surface area contributed by atoms with Crippen LogP contribution in [0.25, 0.3) is 11.5 Å². The zero-order chi connectivity index (χ0) is 19.9. The molecule has 1 aromatic heterocycles. The van der Waals surface area contributed by atoms with E-state index >= 15 is 0 Å². The monoisotopic (exact) mass is 416 g/mol. The first-order valence-electron chi connectivity index (χ1n) is 8.80. The fourth-order valence-corrected chi connectivity index (χ4v) is 3.19. The van der Waals surface area contributed by atoms with Crippen molar-refractivity contribution in [1.82, 2.24) is 15.5 Å². The van der Waals surface area contributed by atoms with Crippen LogP contribution in [0.15, 0.2) is 64.2 Å². The number of anilines is 1. The third-order valence-electron chi connectivity index (χ3n) is 4.24. The fourth-order valence-electron chi connectivity index (χ4n) is 2.47. The summed E-state index contributed by atoms with van der Waals surface area (Å²) in [5.41, 5.74) is 1.89. The van der Waals surface area contributed by atoms with E-state index < -0.39 is 0 Å². The van der Waals surface area contributed by atoms with Crippen LogP contribution < -0.4 is 10.2 Å². The van der Waals surface area contributed by atoms with E-state index in [1.54, 1.807) is 12.1 Å². The van der Waals surface area contributed by atoms with E-state index in [4.69, 9.17) is 16.0 Å². The van der Waals surface area contributed by atoms with E-state index in [0.29, 0.717) is 22.7 Å². The van der Waals surface area contributed by atoms with Crippen LogP contribution in [0, 0.1) is 0 Å². The highest BCUT2D eigenvalue weighted by Crippen LogP contribution is 2.24. The topological polar surface area (TPSA) is 71.3 Å². The summed E-state index contributed by atoms with van der Waals surface area (Å²) in [5.74, 6) is 0.534. The summed E-state index contributed by atoms with van der Waals surface area (Å²) in [4.78, 5) is 14.3. The Hall–Kier alpha value is -2.51. The Morgan fingerprint density at radius 3 is 2.61 bits per heavy atom. The first-order chi connectivity index (χ1) is 13.5. The molecule has 1 N–H and O–H groups in total. The molecule has 1 atom stereocenters. The largest absolute Gasteiger partial charge is 0.411 e. The molecular formula is C20H21ClN4O2S. The number of likely N-dealkylation sites (N-methyl/N-ethyl adjacent to an activating group) is 1. The first kappa shape index (κ1) is 20.2. The van der Waals surface area contributed by atoms with Gasteiger partial charge in [-0.25, -0.2) is 0 Å². The summed E-state index contributed by atoms with van der Waals surface area (Å²) in [7, 11) is 2.01. The number of para-hydroxylation sites is 1. The number of benzene rings is 2. The van der Waals surface area contributed by atoms with E-state index in [2.05, 4.69) is 27.3 Å². The number of amides is 1. The van der Waals surface area contributed by atoms with Crippen molar-refractivity contribution in [2.75, 3.05) is 24.2 Å². The van der Waals surface area contributed by atoms with E-state index in [1.807, 2.05) is 49.5 Å². The summed E-state index contributed by atoms with van der Waals surface area (Å²) < 4.78 is 5.59. The number of thioether (sulfide) groups is 1. The fraction of sp³-hybridized carbons (Fsp3) is 0.250. The van der Waals surface area contributed by atoms with Crippen molar-refractivity contribution in [3.63, 3.8) is 0 Å². The number of nitrogens with zero attached hydrogens (tertiary/aromatic N) is 3. The predicted molar refractivity (Wildman–Crippen MR) is 113 cm³/mol. The van der Waals surface area contributed by atoms with Gasteiger partial charge in [-0.3, -0.25) is 4.79 Å². The molecule has 0 aliphatic rings. The van der Waals surface area contributed by atoms with Gasteiger partial charge < -0.3 is 14.6 Å². The van der Waals surface area contributed by atoms with Crippen LogP contribution in [0.3, 0.4) is 0 Å². The second-order valence-corrected chi connectivity index (χ2v) is 7.63. The smallest absolute Gasteiger partial charge is 0.277 e. The molecule has 6 nitrogen and oxygen atoms in total. The lowest BCUT2D eigenvalue weighted by Gasteiger charge is -2.27. The highest BCUT2D eigenvalue weighted by molar-refractivity contribution is 7.99. The number of hydrogen-bond acceptors (Lipinski definition) is 6. The molecule has 1 heterocycles. The van der Waals surface area contributed by atoms with Crippen molar-refractivity contribution in [3.05, 3.63) is 59.6 Å². The molecule has 0 aliphatic carbocycles. The molecule has 0 saturated heterocycles. The summed E-state index contributed by atoms with van der Waals surface area (Å²) in [6.07, 6.45) is 0. The van der Waals surface area contributed by atoms with Gasteiger partial charge in [-0.1, -0.05) is 41.6 Å². The predicted octanol–water partition coefficient (Wildman–Crippen LogP) is 4.12. The van der Waals surface area contributed by atoms with Crippen LogP contribution in [0.5, 0.6) is 0 Å². The summed E-state index contributed by atoms with van der Waals surface area (Å²) in [5, 5.41) is 11.9. The second-order valence-electron chi connectivity index (χ2n) is 6.27. The number of carbonyl (C=O) groups is 1. The molecule has 0 aliphatic heterocycles. The van der Waals surface area contributed by atoms with Crippen LogP contribution in [-0.2, 0) is 4.79 Å². The van der Waals surface area contributed by atoms with Gasteiger partial charge in [0.15, 0.2) is 0 Å². The highest BCUT2D eigenvalue weighted by atomic mass is 35.5. The Kier molecular flexibility index (Phi) is 6.95. The minimum Gasteiger partial charge on any atom is -0.411 e. The molecule has 2 aromatic carbocycles. The molecule has 0 fully saturated rings. The molecule has 1 unspecified atom stereocenters. The third-order valence-corrected chi connectivity index (χ3v) is 5.31. The summed E-state index contributed by atoms with van der Waals surface area (Å²) >= 11 is 7.09. The lowest BCUT2D eigenvalue weighted by molar-refractivity contribution is -0.118. The van der Waals surface area contributed by atoms with E-state index in [0.717, 1.165) is 11.3 Å². The molecule has 146 valence electrons. The Bertz CT molecular complexity index is 902. The van der Waals surface area contributed by atoms with Gasteiger partial charge in [0.2, 0.25) is 11.8 Å². The second kappa shape index (κ2) is 9.61. The maximum absolute atomic E-state index is 12.1. The number of nitrogens with one attached hydrogen (secondary N) is 1. The third kappa shape index (κ3) is 5.50. The van der Waals surface area contributed by atoms with Crippen molar-refractivity contribution in [2.45, 2.75) is 18.2 Å². The average Bonchev–Trinajstić information content (AvgIpc) is 3.20. The summed E-state index contributed by atoms with van der Waals surface area (Å²) in [6, 6.07) is 17.4. The van der Waals surface area contributed by atoms with Crippen molar-refractivity contribution < 1.29 is 9.21 Å². The van der Waals surface area contributed by atoms with Gasteiger partial charge >= 0.3 is 0 Å². The normalized spacial score (nSPS) is 11.8. The Morgan fingerprint density at radius 1 is 1.18 bits per heavy atom. The Balaban J connectivity index is 1.45.